The molecule has 0 unspecified atom stereocenters. The molecule has 0 saturated carbocycles. The van der Waals surface area contributed by atoms with Crippen LogP contribution in [0.1, 0.15) is 16.7 Å². The number of urea groups is 1. The Hall–Kier alpha value is -4.13. The van der Waals surface area contributed by atoms with Crippen molar-refractivity contribution in [3.05, 3.63) is 121 Å². The van der Waals surface area contributed by atoms with E-state index < -0.39 is 23.7 Å². The number of methoxy groups -OCH3 is 1. The van der Waals surface area contributed by atoms with Crippen molar-refractivity contribution in [1.82, 2.24) is 5.32 Å². The molecule has 0 radical (unpaired) electrons. The molecule has 1 heterocycles. The number of carbonyl (C=O) groups excluding carboxylic acids is 3. The van der Waals surface area contributed by atoms with E-state index in [9.17, 15) is 18.8 Å². The van der Waals surface area contributed by atoms with Crippen molar-refractivity contribution in [2.24, 2.45) is 0 Å². The number of nitrogens with one attached hydrogen (secondary N) is 1. The van der Waals surface area contributed by atoms with Gasteiger partial charge in [0.1, 0.15) is 30.4 Å². The minimum Gasteiger partial charge on any atom is -0.493 e. The normalized spacial score (nSPS) is 14.1. The number of imide groups is 2. The molecule has 0 spiro atoms. The molecule has 1 saturated heterocycles. The summed E-state index contributed by atoms with van der Waals surface area (Å²) in [6.07, 6.45) is 1.36. The molecule has 5 rings (SSSR count). The Bertz CT molecular complexity index is 1800. The van der Waals surface area contributed by atoms with Crippen molar-refractivity contribution in [3.63, 3.8) is 0 Å². The third-order valence-corrected chi connectivity index (χ3v) is 7.89. The van der Waals surface area contributed by atoms with Crippen LogP contribution in [-0.4, -0.2) is 25.0 Å². The average molecular weight is 747 g/mol. The molecular weight excluding hydrogens is 725 g/mol. The highest BCUT2D eigenvalue weighted by molar-refractivity contribution is 14.1. The Kier molecular flexibility index (Phi) is 9.72. The summed E-state index contributed by atoms with van der Waals surface area (Å²) in [5.74, 6) is -0.897. The van der Waals surface area contributed by atoms with E-state index in [4.69, 9.17) is 37.4 Å². The molecule has 4 aromatic carbocycles. The van der Waals surface area contributed by atoms with Crippen LogP contribution >= 0.6 is 45.8 Å². The lowest BCUT2D eigenvalue weighted by molar-refractivity contribution is -0.122. The van der Waals surface area contributed by atoms with Crippen molar-refractivity contribution < 1.29 is 33.0 Å². The summed E-state index contributed by atoms with van der Waals surface area (Å²) in [4.78, 5) is 39.7. The summed E-state index contributed by atoms with van der Waals surface area (Å²) >= 11 is 14.2. The second-order valence-corrected chi connectivity index (χ2v) is 11.4. The molecule has 44 heavy (non-hydrogen) atoms. The number of benzene rings is 4. The molecule has 0 aliphatic carbocycles. The summed E-state index contributed by atoms with van der Waals surface area (Å²) in [7, 11) is 1.44. The fourth-order valence-corrected chi connectivity index (χ4v) is 5.52. The van der Waals surface area contributed by atoms with E-state index in [-0.39, 0.29) is 24.5 Å². The molecule has 8 nitrogen and oxygen atoms in total. The van der Waals surface area contributed by atoms with Crippen LogP contribution in [0, 0.1) is 9.39 Å². The van der Waals surface area contributed by atoms with Crippen molar-refractivity contribution >= 4 is 75.4 Å². The smallest absolute Gasteiger partial charge is 0.335 e. The number of ether oxygens (including phenoxy) is 3. The Morgan fingerprint density at radius 3 is 2.34 bits per heavy atom. The first kappa shape index (κ1) is 31.3. The van der Waals surface area contributed by atoms with E-state index in [1.165, 1.54) is 31.4 Å². The molecule has 224 valence electrons. The zero-order valence-corrected chi connectivity index (χ0v) is 26.6. The number of hydrogen-bond acceptors (Lipinski definition) is 6. The lowest BCUT2D eigenvalue weighted by Gasteiger charge is -2.26. The summed E-state index contributed by atoms with van der Waals surface area (Å²) in [5.41, 5.74) is 1.51. The fourth-order valence-electron chi connectivity index (χ4n) is 4.28. The van der Waals surface area contributed by atoms with E-state index >= 15 is 0 Å². The Morgan fingerprint density at radius 2 is 1.64 bits per heavy atom. The summed E-state index contributed by atoms with van der Waals surface area (Å²) in [5, 5.41) is 3.18. The van der Waals surface area contributed by atoms with Gasteiger partial charge in [0.05, 0.1) is 16.4 Å². The van der Waals surface area contributed by atoms with Gasteiger partial charge in [0.2, 0.25) is 0 Å². The second-order valence-electron chi connectivity index (χ2n) is 9.39. The third kappa shape index (κ3) is 6.98. The molecule has 4 aromatic rings. The quantitative estimate of drug-likeness (QED) is 0.108. The Morgan fingerprint density at radius 1 is 0.909 bits per heavy atom. The summed E-state index contributed by atoms with van der Waals surface area (Å²) in [6.45, 7) is 0.144. The first-order valence-electron chi connectivity index (χ1n) is 13.0. The molecule has 0 atom stereocenters. The molecule has 1 fully saturated rings. The maximum Gasteiger partial charge on any atom is 0.335 e. The summed E-state index contributed by atoms with van der Waals surface area (Å²) in [6, 6.07) is 19.9. The number of anilines is 1. The van der Waals surface area contributed by atoms with Gasteiger partial charge in [0, 0.05) is 21.2 Å². The largest absolute Gasteiger partial charge is 0.493 e. The first-order chi connectivity index (χ1) is 21.1. The van der Waals surface area contributed by atoms with E-state index in [1.807, 2.05) is 22.6 Å². The topological polar surface area (TPSA) is 94.2 Å². The lowest BCUT2D eigenvalue weighted by Crippen LogP contribution is -2.54. The maximum atomic E-state index is 14.1. The number of amides is 4. The highest BCUT2D eigenvalue weighted by Gasteiger charge is 2.37. The first-order valence-corrected chi connectivity index (χ1v) is 14.8. The number of nitrogens with zero attached hydrogens (tertiary/aromatic N) is 1. The molecule has 1 aliphatic rings. The number of rotatable bonds is 9. The van der Waals surface area contributed by atoms with E-state index in [0.29, 0.717) is 42.0 Å². The van der Waals surface area contributed by atoms with Gasteiger partial charge in [-0.1, -0.05) is 47.5 Å². The molecule has 1 N–H and O–H groups in total. The number of halogens is 4. The second kappa shape index (κ2) is 13.7. The average Bonchev–Trinajstić information content (AvgIpc) is 2.99. The van der Waals surface area contributed by atoms with Crippen LogP contribution in [0.2, 0.25) is 10.0 Å². The van der Waals surface area contributed by atoms with Crippen LogP contribution in [0.4, 0.5) is 14.9 Å². The SMILES string of the molecule is COc1cc(/C=C2\C(=O)NC(=O)N(c3ccc(OCc4ccc(Cl)cc4Cl)cc3)C2=O)cc(I)c1OCc1ccccc1F. The van der Waals surface area contributed by atoms with Crippen LogP contribution in [-0.2, 0) is 22.8 Å². The standard InChI is InChI=1S/C32H22Cl2FIN2O6/c1-42-28-14-18(13-27(36)29(28)44-17-20-4-2-3-5-26(20)35)12-24-30(39)37-32(41)38(31(24)40)22-8-10-23(11-9-22)43-16-19-6-7-21(33)15-25(19)34/h2-15H,16-17H2,1H3,(H,37,39,41)/b24-12+. The van der Waals surface area contributed by atoms with Crippen LogP contribution < -0.4 is 24.4 Å². The maximum absolute atomic E-state index is 14.1. The zero-order chi connectivity index (χ0) is 31.4. The third-order valence-electron chi connectivity index (χ3n) is 6.50. The zero-order valence-electron chi connectivity index (χ0n) is 22.9. The van der Waals surface area contributed by atoms with Crippen molar-refractivity contribution in [3.8, 4) is 17.2 Å². The van der Waals surface area contributed by atoms with E-state index in [2.05, 4.69) is 5.32 Å². The van der Waals surface area contributed by atoms with Gasteiger partial charge in [0.25, 0.3) is 11.8 Å². The lowest BCUT2D eigenvalue weighted by atomic mass is 10.1. The van der Waals surface area contributed by atoms with E-state index in [1.54, 1.807) is 60.7 Å². The molecule has 0 aromatic heterocycles. The molecule has 1 aliphatic heterocycles. The van der Waals surface area contributed by atoms with Crippen LogP contribution in [0.3, 0.4) is 0 Å². The number of hydrogen-bond donors (Lipinski definition) is 1. The summed E-state index contributed by atoms with van der Waals surface area (Å²) < 4.78 is 31.8. The molecule has 0 bridgehead atoms. The van der Waals surface area contributed by atoms with Gasteiger partial charge in [0.15, 0.2) is 11.5 Å². The van der Waals surface area contributed by atoms with Gasteiger partial charge in [-0.2, -0.15) is 0 Å². The fraction of sp³-hybridized carbons (Fsp3) is 0.0938. The van der Waals surface area contributed by atoms with Crippen LogP contribution in [0.5, 0.6) is 17.2 Å². The van der Waals surface area contributed by atoms with Gasteiger partial charge in [-0.05, 0) is 88.8 Å². The number of carbonyl (C=O) groups is 3. The van der Waals surface area contributed by atoms with E-state index in [0.717, 1.165) is 10.5 Å². The molecular formula is C32H22Cl2FIN2O6. The van der Waals surface area contributed by atoms with Gasteiger partial charge < -0.3 is 14.2 Å². The highest BCUT2D eigenvalue weighted by Crippen LogP contribution is 2.36. The minimum absolute atomic E-state index is 0.0316. The molecule has 4 amide bonds. The number of barbiturate groups is 1. The van der Waals surface area contributed by atoms with Gasteiger partial charge in [-0.15, -0.1) is 0 Å². The van der Waals surface area contributed by atoms with Crippen LogP contribution in [0.25, 0.3) is 6.08 Å². The highest BCUT2D eigenvalue weighted by atomic mass is 127. The Balaban J connectivity index is 1.34. The molecule has 12 heteroatoms. The van der Waals surface area contributed by atoms with Gasteiger partial charge >= 0.3 is 6.03 Å². The van der Waals surface area contributed by atoms with Crippen molar-refractivity contribution in [1.29, 1.82) is 0 Å². The van der Waals surface area contributed by atoms with Crippen molar-refractivity contribution in [2.45, 2.75) is 13.2 Å². The van der Waals surface area contributed by atoms with Gasteiger partial charge in [-0.25, -0.2) is 14.1 Å². The predicted molar refractivity (Wildman–Crippen MR) is 173 cm³/mol. The monoisotopic (exact) mass is 746 g/mol. The van der Waals surface area contributed by atoms with Gasteiger partial charge in [-0.3, -0.25) is 14.9 Å². The minimum atomic E-state index is -0.886. The van der Waals surface area contributed by atoms with Crippen molar-refractivity contribution in [2.75, 3.05) is 12.0 Å². The predicted octanol–water partition coefficient (Wildman–Crippen LogP) is 7.57. The van der Waals surface area contributed by atoms with Crippen LogP contribution in [0.15, 0.2) is 84.4 Å². The Labute approximate surface area is 275 Å².